The maximum atomic E-state index is 15.8. The van der Waals surface area contributed by atoms with Crippen molar-refractivity contribution in [1.29, 1.82) is 0 Å². The molecule has 0 spiro atoms. The Balaban J connectivity index is 1.67. The summed E-state index contributed by atoms with van der Waals surface area (Å²) >= 11 is 0. The summed E-state index contributed by atoms with van der Waals surface area (Å²) in [6.07, 6.45) is -11.9. The molecule has 0 radical (unpaired) electrons. The largest absolute Gasteiger partial charge is 0.496 e. The Kier molecular flexibility index (Phi) is 11.3. The molecule has 6 aromatic carbocycles. The molecule has 0 saturated carbocycles. The van der Waals surface area contributed by atoms with Crippen LogP contribution >= 0.6 is 0 Å². The van der Waals surface area contributed by atoms with Crippen LogP contribution in [0.25, 0.3) is 11.1 Å². The van der Waals surface area contributed by atoms with Gasteiger partial charge in [0.1, 0.15) is 5.75 Å². The number of hydrogen-bond donors (Lipinski definition) is 1. The Morgan fingerprint density at radius 3 is 1.36 bits per heavy atom. The molecule has 0 amide bonds. The van der Waals surface area contributed by atoms with Gasteiger partial charge in [0.25, 0.3) is 0 Å². The van der Waals surface area contributed by atoms with Gasteiger partial charge in [0.15, 0.2) is 0 Å². The quantitative estimate of drug-likeness (QED) is 0.112. The van der Waals surface area contributed by atoms with E-state index in [0.717, 1.165) is 36.4 Å². The Hall–Kier alpha value is -6.44. The highest BCUT2D eigenvalue weighted by Crippen LogP contribution is 2.57. The molecule has 55 heavy (non-hydrogen) atoms. The second-order valence-corrected chi connectivity index (χ2v) is 12.3. The Morgan fingerprint density at radius 1 is 0.545 bits per heavy atom. The molecule has 0 aliphatic rings. The number of alkyl halides is 6. The van der Waals surface area contributed by atoms with Crippen LogP contribution in [-0.4, -0.2) is 36.3 Å². The first-order valence-electron chi connectivity index (χ1n) is 16.9. The molecule has 0 saturated heterocycles. The van der Waals surface area contributed by atoms with Crippen molar-refractivity contribution in [2.24, 2.45) is 9.98 Å². The van der Waals surface area contributed by atoms with Crippen LogP contribution in [0.5, 0.6) is 5.75 Å². The monoisotopic (exact) mass is 746 g/mol. The molecule has 0 aromatic heterocycles. The fourth-order valence-electron chi connectivity index (χ4n) is 6.32. The molecule has 276 valence electrons. The minimum atomic E-state index is -5.93. The SMILES string of the molecule is COc1ccc(C(c2ccc(CO)c(C(=C=Nc3ccccc3)c3ccccc3)c2)(C(F)(F)F)C(F)(F)F)cc1C(=C=Nc1ccccc1)c1ccccc1. The van der Waals surface area contributed by atoms with Crippen molar-refractivity contribution in [3.05, 3.63) is 197 Å². The summed E-state index contributed by atoms with van der Waals surface area (Å²) in [7, 11) is 1.27. The number of nitrogens with zero attached hydrogens (tertiary/aromatic N) is 2. The molecule has 0 unspecified atom stereocenters. The number of rotatable bonds is 10. The molecule has 0 fully saturated rings. The third-order valence-electron chi connectivity index (χ3n) is 8.97. The second-order valence-electron chi connectivity index (χ2n) is 12.3. The molecule has 0 aliphatic heterocycles. The molecule has 6 aromatic rings. The molecule has 1 N–H and O–H groups in total. The molecule has 0 atom stereocenters. The van der Waals surface area contributed by atoms with Gasteiger partial charge in [0.05, 0.1) is 36.2 Å². The van der Waals surface area contributed by atoms with E-state index in [4.69, 9.17) is 4.74 Å². The average Bonchev–Trinajstić information content (AvgIpc) is 3.19. The highest BCUT2D eigenvalue weighted by molar-refractivity contribution is 6.02. The molecule has 10 heteroatoms. The third-order valence-corrected chi connectivity index (χ3v) is 8.97. The first kappa shape index (κ1) is 38.3. The number of aliphatic hydroxyl groups excluding tert-OH is 1. The van der Waals surface area contributed by atoms with E-state index in [1.165, 1.54) is 7.11 Å². The predicted molar refractivity (Wildman–Crippen MR) is 203 cm³/mol. The Labute approximate surface area is 313 Å². The minimum absolute atomic E-state index is 0.000600. The molecule has 4 nitrogen and oxygen atoms in total. The van der Waals surface area contributed by atoms with E-state index in [-0.39, 0.29) is 33.6 Å². The van der Waals surface area contributed by atoms with E-state index in [1.807, 2.05) is 0 Å². The predicted octanol–water partition coefficient (Wildman–Crippen LogP) is 11.5. The maximum Gasteiger partial charge on any atom is 0.411 e. The van der Waals surface area contributed by atoms with E-state index < -0.39 is 35.5 Å². The van der Waals surface area contributed by atoms with Gasteiger partial charge in [-0.2, -0.15) is 26.3 Å². The third kappa shape index (κ3) is 7.93. The number of ether oxygens (including phenoxy) is 1. The Morgan fingerprint density at radius 2 is 0.945 bits per heavy atom. The van der Waals surface area contributed by atoms with Gasteiger partial charge in [-0.05, 0) is 87.6 Å². The average molecular weight is 747 g/mol. The topological polar surface area (TPSA) is 54.2 Å². The molecular formula is C45H32F6N2O2. The van der Waals surface area contributed by atoms with Crippen molar-refractivity contribution in [3.63, 3.8) is 0 Å². The standard InChI is InChI=1S/C45H32F6N2O2/c1-55-42-25-24-35(27-39(42)41(32-16-8-3-9-17-32)29-53-37-20-12-5-13-21-37)43(44(46,47)48,45(49,50)51)34-23-22-33(30-54)38(26-34)40(31-14-6-2-7-15-31)28-52-36-18-10-4-11-19-36/h2-27,54H,30H2,1H3. The van der Waals surface area contributed by atoms with Crippen LogP contribution in [0.15, 0.2) is 168 Å². The summed E-state index contributed by atoms with van der Waals surface area (Å²) < 4.78 is 100. The van der Waals surface area contributed by atoms with Gasteiger partial charge in [-0.3, -0.25) is 0 Å². The summed E-state index contributed by atoms with van der Waals surface area (Å²) in [5, 5.41) is 10.4. The van der Waals surface area contributed by atoms with Gasteiger partial charge in [-0.15, -0.1) is 0 Å². The van der Waals surface area contributed by atoms with Crippen molar-refractivity contribution in [2.45, 2.75) is 24.4 Å². The van der Waals surface area contributed by atoms with E-state index in [2.05, 4.69) is 21.7 Å². The van der Waals surface area contributed by atoms with Crippen LogP contribution in [0, 0.1) is 0 Å². The van der Waals surface area contributed by atoms with Gasteiger partial charge in [-0.1, -0.05) is 115 Å². The van der Waals surface area contributed by atoms with E-state index >= 15 is 26.3 Å². The molecule has 0 heterocycles. The fourth-order valence-corrected chi connectivity index (χ4v) is 6.32. The number of aliphatic imine (C=N–C) groups is 2. The lowest BCUT2D eigenvalue weighted by Crippen LogP contribution is -2.54. The van der Waals surface area contributed by atoms with Crippen molar-refractivity contribution >= 4 is 34.3 Å². The zero-order valence-electron chi connectivity index (χ0n) is 29.2. The first-order chi connectivity index (χ1) is 26.5. The number of para-hydroxylation sites is 2. The van der Waals surface area contributed by atoms with Crippen LogP contribution in [0.4, 0.5) is 37.7 Å². The van der Waals surface area contributed by atoms with Crippen LogP contribution in [0.1, 0.15) is 38.9 Å². The van der Waals surface area contributed by atoms with E-state index in [0.29, 0.717) is 22.5 Å². The number of hydrogen-bond acceptors (Lipinski definition) is 4. The minimum Gasteiger partial charge on any atom is -0.496 e. The van der Waals surface area contributed by atoms with Crippen LogP contribution in [-0.2, 0) is 12.0 Å². The van der Waals surface area contributed by atoms with Gasteiger partial charge in [-0.25, -0.2) is 9.98 Å². The van der Waals surface area contributed by atoms with E-state index in [1.54, 1.807) is 121 Å². The normalized spacial score (nSPS) is 11.6. The first-order valence-corrected chi connectivity index (χ1v) is 16.9. The van der Waals surface area contributed by atoms with Crippen LogP contribution in [0.3, 0.4) is 0 Å². The molecule has 0 aliphatic carbocycles. The second kappa shape index (κ2) is 16.3. The number of methoxy groups -OCH3 is 1. The fraction of sp³-hybridized carbons (Fsp3) is 0.111. The smallest absolute Gasteiger partial charge is 0.411 e. The van der Waals surface area contributed by atoms with E-state index in [9.17, 15) is 5.11 Å². The summed E-state index contributed by atoms with van der Waals surface area (Å²) in [5.74, 6) is 5.73. The lowest BCUT2D eigenvalue weighted by molar-refractivity contribution is -0.288. The molecule has 0 bridgehead atoms. The van der Waals surface area contributed by atoms with Gasteiger partial charge >= 0.3 is 12.4 Å². The summed E-state index contributed by atoms with van der Waals surface area (Å²) in [6, 6.07) is 39.1. The summed E-state index contributed by atoms with van der Waals surface area (Å²) in [5.41, 5.74) is -5.06. The lowest BCUT2D eigenvalue weighted by Gasteiger charge is -2.39. The highest BCUT2D eigenvalue weighted by Gasteiger charge is 2.72. The van der Waals surface area contributed by atoms with Gasteiger partial charge in [0.2, 0.25) is 5.41 Å². The number of aliphatic hydroxyl groups is 1. The zero-order valence-corrected chi connectivity index (χ0v) is 29.2. The van der Waals surface area contributed by atoms with Crippen molar-refractivity contribution < 1.29 is 36.2 Å². The maximum absolute atomic E-state index is 15.8. The summed E-state index contributed by atoms with van der Waals surface area (Å²) in [6.45, 7) is -0.692. The highest BCUT2D eigenvalue weighted by atomic mass is 19.4. The summed E-state index contributed by atoms with van der Waals surface area (Å²) in [4.78, 5) is 8.73. The molecular weight excluding hydrogens is 714 g/mol. The van der Waals surface area contributed by atoms with Crippen molar-refractivity contribution in [2.75, 3.05) is 7.11 Å². The lowest BCUT2D eigenvalue weighted by atomic mass is 9.71. The van der Waals surface area contributed by atoms with Crippen LogP contribution in [0.2, 0.25) is 0 Å². The van der Waals surface area contributed by atoms with Gasteiger partial charge in [0, 0.05) is 5.56 Å². The number of halogens is 6. The Bertz CT molecular complexity index is 2210. The van der Waals surface area contributed by atoms with Crippen LogP contribution < -0.4 is 4.74 Å². The van der Waals surface area contributed by atoms with Crippen molar-refractivity contribution in [1.82, 2.24) is 0 Å². The van der Waals surface area contributed by atoms with Gasteiger partial charge < -0.3 is 9.84 Å². The molecule has 6 rings (SSSR count). The zero-order chi connectivity index (χ0) is 39.1. The number of benzene rings is 6. The van der Waals surface area contributed by atoms with Crippen molar-refractivity contribution in [3.8, 4) is 5.75 Å².